The summed E-state index contributed by atoms with van der Waals surface area (Å²) in [5.74, 6) is -1.03. The Hall–Kier alpha value is -5.11. The minimum atomic E-state index is -2.91. The van der Waals surface area contributed by atoms with Gasteiger partial charge in [-0.2, -0.15) is 0 Å². The van der Waals surface area contributed by atoms with E-state index < -0.39 is 47.2 Å². The molecule has 0 bridgehead atoms. The largest absolute Gasteiger partial charge is 0.496 e. The first kappa shape index (κ1) is 32.4. The summed E-state index contributed by atoms with van der Waals surface area (Å²) < 4.78 is 39.8. The zero-order valence-corrected chi connectivity index (χ0v) is 27.3. The van der Waals surface area contributed by atoms with E-state index in [1.54, 1.807) is 38.5 Å². The second kappa shape index (κ2) is 12.1. The van der Waals surface area contributed by atoms with Gasteiger partial charge < -0.3 is 18.9 Å². The molecular formula is C35H35F2N5O7. The third-order valence-electron chi connectivity index (χ3n) is 10.1. The standard InChI is InChI=1S/C35H35F2N5O7/c1-39-14-20(10-24(30(36)37)32(39)45)19-11-27(48-2)25(28(12-19)49-3)15-40-9-8-35(16-40)17-41(18-35)21-4-5-22-23(13-21)34(47)42(33(22)46)26-6-7-29(43)38-31(26)44/h4-5,10-14,26,30H,6-9,15-18H2,1-3H3,(H,38,43,44). The molecule has 12 nitrogen and oxygen atoms in total. The Morgan fingerprint density at radius 3 is 2.27 bits per heavy atom. The van der Waals surface area contributed by atoms with Crippen molar-refractivity contribution >= 4 is 29.3 Å². The van der Waals surface area contributed by atoms with Crippen LogP contribution in [0.15, 0.2) is 47.4 Å². The van der Waals surface area contributed by atoms with E-state index >= 15 is 0 Å². The van der Waals surface area contributed by atoms with E-state index in [0.29, 0.717) is 29.2 Å². The molecule has 1 N–H and O–H groups in total. The number of carbonyl (C=O) groups is 4. The molecule has 1 unspecified atom stereocenters. The number of hydrogen-bond donors (Lipinski definition) is 1. The third kappa shape index (κ3) is 5.53. The highest BCUT2D eigenvalue weighted by Gasteiger charge is 2.49. The molecule has 4 amide bonds. The minimum absolute atomic E-state index is 0.0263. The number of rotatable bonds is 8. The fourth-order valence-electron chi connectivity index (χ4n) is 7.60. The molecule has 1 atom stereocenters. The summed E-state index contributed by atoms with van der Waals surface area (Å²) in [6.07, 6.45) is -0.276. The van der Waals surface area contributed by atoms with Gasteiger partial charge in [-0.3, -0.25) is 39.1 Å². The number of aromatic nitrogens is 1. The van der Waals surface area contributed by atoms with Gasteiger partial charge in [-0.1, -0.05) is 0 Å². The second-order valence-corrected chi connectivity index (χ2v) is 13.3. The average molecular weight is 676 g/mol. The smallest absolute Gasteiger partial charge is 0.269 e. The van der Waals surface area contributed by atoms with Crippen molar-refractivity contribution in [1.82, 2.24) is 19.7 Å². The fraction of sp³-hybridized carbons (Fsp3) is 0.400. The zero-order chi connectivity index (χ0) is 34.8. The Kier molecular flexibility index (Phi) is 8.01. The molecule has 5 heterocycles. The van der Waals surface area contributed by atoms with Crippen LogP contribution in [0.25, 0.3) is 11.1 Å². The highest BCUT2D eigenvalue weighted by Crippen LogP contribution is 2.45. The molecule has 3 aromatic rings. The predicted octanol–water partition coefficient (Wildman–Crippen LogP) is 3.12. The first-order chi connectivity index (χ1) is 23.4. The van der Waals surface area contributed by atoms with Crippen LogP contribution in [-0.4, -0.2) is 84.4 Å². The van der Waals surface area contributed by atoms with E-state index in [9.17, 15) is 32.8 Å². The molecule has 3 saturated heterocycles. The van der Waals surface area contributed by atoms with Gasteiger partial charge in [0.15, 0.2) is 0 Å². The fourth-order valence-corrected chi connectivity index (χ4v) is 7.60. The molecule has 0 radical (unpaired) electrons. The number of amides is 4. The van der Waals surface area contributed by atoms with Crippen LogP contribution < -0.4 is 25.2 Å². The highest BCUT2D eigenvalue weighted by molar-refractivity contribution is 6.23. The molecule has 3 fully saturated rings. The van der Waals surface area contributed by atoms with Crippen LogP contribution in [0.1, 0.15) is 57.5 Å². The van der Waals surface area contributed by atoms with E-state index in [4.69, 9.17) is 9.47 Å². The molecule has 14 heteroatoms. The van der Waals surface area contributed by atoms with Gasteiger partial charge >= 0.3 is 0 Å². The van der Waals surface area contributed by atoms with Crippen LogP contribution in [0.3, 0.4) is 0 Å². The van der Waals surface area contributed by atoms with Gasteiger partial charge in [0.25, 0.3) is 23.8 Å². The summed E-state index contributed by atoms with van der Waals surface area (Å²) >= 11 is 0. The number of fused-ring (bicyclic) bond motifs is 1. The topological polar surface area (TPSA) is 130 Å². The van der Waals surface area contributed by atoms with Crippen molar-refractivity contribution in [3.05, 3.63) is 75.2 Å². The molecule has 1 aromatic heterocycles. The quantitative estimate of drug-likeness (QED) is 0.358. The Balaban J connectivity index is 1.04. The molecule has 0 aliphatic carbocycles. The molecule has 256 valence electrons. The van der Waals surface area contributed by atoms with Crippen molar-refractivity contribution < 1.29 is 37.4 Å². The van der Waals surface area contributed by atoms with Gasteiger partial charge in [-0.25, -0.2) is 8.78 Å². The molecular weight excluding hydrogens is 640 g/mol. The van der Waals surface area contributed by atoms with Crippen molar-refractivity contribution in [2.24, 2.45) is 12.5 Å². The maximum atomic E-state index is 13.6. The van der Waals surface area contributed by atoms with Crippen molar-refractivity contribution in [3.63, 3.8) is 0 Å². The van der Waals surface area contributed by atoms with Gasteiger partial charge in [0.2, 0.25) is 11.8 Å². The number of hydrogen-bond acceptors (Lipinski definition) is 9. The number of imide groups is 2. The molecule has 2 aromatic carbocycles. The number of piperidine rings is 1. The molecule has 49 heavy (non-hydrogen) atoms. The van der Waals surface area contributed by atoms with E-state index in [1.165, 1.54) is 19.3 Å². The van der Waals surface area contributed by atoms with Gasteiger partial charge in [-0.05, 0) is 66.9 Å². The lowest BCUT2D eigenvalue weighted by molar-refractivity contribution is -0.136. The minimum Gasteiger partial charge on any atom is -0.496 e. The van der Waals surface area contributed by atoms with Crippen molar-refractivity contribution in [3.8, 4) is 22.6 Å². The van der Waals surface area contributed by atoms with Crippen LogP contribution in [0, 0.1) is 5.41 Å². The first-order valence-corrected chi connectivity index (χ1v) is 16.0. The normalized spacial score (nSPS) is 20.2. The lowest BCUT2D eigenvalue weighted by Crippen LogP contribution is -2.57. The number of halogens is 2. The number of benzene rings is 2. The maximum Gasteiger partial charge on any atom is 0.269 e. The first-order valence-electron chi connectivity index (χ1n) is 16.0. The van der Waals surface area contributed by atoms with Crippen molar-refractivity contribution in [2.45, 2.75) is 38.3 Å². The molecule has 1 spiro atoms. The van der Waals surface area contributed by atoms with Crippen molar-refractivity contribution in [1.29, 1.82) is 0 Å². The second-order valence-electron chi connectivity index (χ2n) is 13.3. The molecule has 0 saturated carbocycles. The summed E-state index contributed by atoms with van der Waals surface area (Å²) in [5, 5.41) is 2.22. The lowest BCUT2D eigenvalue weighted by atomic mass is 9.78. The predicted molar refractivity (Wildman–Crippen MR) is 173 cm³/mol. The number of carbonyl (C=O) groups excluding carboxylic acids is 4. The maximum absolute atomic E-state index is 13.6. The Labute approximate surface area is 280 Å². The summed E-state index contributed by atoms with van der Waals surface area (Å²) in [6.45, 7) is 3.69. The number of methoxy groups -OCH3 is 2. The SMILES string of the molecule is COc1cc(-c2cc(C(F)F)c(=O)n(C)c2)cc(OC)c1CN1CCC2(C1)CN(c1ccc3c(c1)C(=O)N(C1CCC(=O)NC1=O)C3=O)C2. The number of anilines is 1. The van der Waals surface area contributed by atoms with Crippen molar-refractivity contribution in [2.75, 3.05) is 45.3 Å². The Morgan fingerprint density at radius 1 is 0.918 bits per heavy atom. The average Bonchev–Trinajstić information content (AvgIpc) is 3.60. The zero-order valence-electron chi connectivity index (χ0n) is 27.3. The number of likely N-dealkylation sites (tertiary alicyclic amines) is 1. The summed E-state index contributed by atoms with van der Waals surface area (Å²) in [6, 6.07) is 8.91. The Bertz CT molecular complexity index is 1950. The van der Waals surface area contributed by atoms with E-state index in [2.05, 4.69) is 15.1 Å². The summed E-state index contributed by atoms with van der Waals surface area (Å²) in [7, 11) is 4.52. The van der Waals surface area contributed by atoms with Gasteiger partial charge in [0.05, 0.1) is 36.5 Å². The number of alkyl halides is 2. The Morgan fingerprint density at radius 2 is 1.61 bits per heavy atom. The highest BCUT2D eigenvalue weighted by atomic mass is 19.3. The van der Waals surface area contributed by atoms with Crippen LogP contribution in [0.5, 0.6) is 11.5 Å². The van der Waals surface area contributed by atoms with Gasteiger partial charge in [0.1, 0.15) is 17.5 Å². The van der Waals surface area contributed by atoms with Gasteiger partial charge in [0, 0.05) is 56.9 Å². The monoisotopic (exact) mass is 675 g/mol. The summed E-state index contributed by atoms with van der Waals surface area (Å²) in [4.78, 5) is 68.1. The van der Waals surface area contributed by atoms with Crippen LogP contribution >= 0.6 is 0 Å². The molecule has 4 aliphatic rings. The molecule has 4 aliphatic heterocycles. The van der Waals surface area contributed by atoms with Crippen LogP contribution in [0.2, 0.25) is 0 Å². The number of nitrogens with zero attached hydrogens (tertiary/aromatic N) is 4. The number of ether oxygens (including phenoxy) is 2. The van der Waals surface area contributed by atoms with E-state index in [-0.39, 0.29) is 29.4 Å². The van der Waals surface area contributed by atoms with E-state index in [1.807, 2.05) is 6.07 Å². The van der Waals surface area contributed by atoms with Crippen LogP contribution in [0.4, 0.5) is 14.5 Å². The lowest BCUT2D eigenvalue weighted by Gasteiger charge is -2.49. The molecule has 7 rings (SSSR count). The third-order valence-corrected chi connectivity index (χ3v) is 10.1. The van der Waals surface area contributed by atoms with Gasteiger partial charge in [-0.15, -0.1) is 0 Å². The number of aryl methyl sites for hydroxylation is 1. The summed E-state index contributed by atoms with van der Waals surface area (Å²) in [5.41, 5.74) is 1.88. The van der Waals surface area contributed by atoms with Crippen LogP contribution in [-0.2, 0) is 23.2 Å². The number of pyridine rings is 1. The van der Waals surface area contributed by atoms with E-state index in [0.717, 1.165) is 53.3 Å². The number of nitrogens with one attached hydrogen (secondary N) is 1.